The molecule has 20 heavy (non-hydrogen) atoms. The van der Waals surface area contributed by atoms with Gasteiger partial charge in [0, 0.05) is 13.2 Å². The number of anilines is 1. The Balaban J connectivity index is 2.10. The Labute approximate surface area is 117 Å². The van der Waals surface area contributed by atoms with Crippen molar-refractivity contribution in [1.29, 1.82) is 0 Å². The monoisotopic (exact) mass is 274 g/mol. The topological polar surface area (TPSA) is 82.2 Å². The summed E-state index contributed by atoms with van der Waals surface area (Å²) in [5.74, 6) is 0.194. The van der Waals surface area contributed by atoms with Crippen molar-refractivity contribution in [3.05, 3.63) is 41.7 Å². The van der Waals surface area contributed by atoms with Crippen molar-refractivity contribution in [1.82, 2.24) is 15.1 Å². The molecule has 2 rings (SSSR count). The number of para-hydroxylation sites is 1. The molecule has 0 unspecified atom stereocenters. The van der Waals surface area contributed by atoms with Gasteiger partial charge in [-0.15, -0.1) is 0 Å². The van der Waals surface area contributed by atoms with Gasteiger partial charge in [-0.25, -0.2) is 0 Å². The molecule has 1 heterocycles. The van der Waals surface area contributed by atoms with Crippen LogP contribution in [-0.4, -0.2) is 22.3 Å². The predicted octanol–water partition coefficient (Wildman–Crippen LogP) is 1.33. The van der Waals surface area contributed by atoms with E-state index in [4.69, 9.17) is 10.5 Å². The Morgan fingerprint density at radius 3 is 2.90 bits per heavy atom. The summed E-state index contributed by atoms with van der Waals surface area (Å²) in [5.41, 5.74) is 7.52. The van der Waals surface area contributed by atoms with Gasteiger partial charge >= 0.3 is 0 Å². The van der Waals surface area contributed by atoms with Crippen LogP contribution in [0.3, 0.4) is 0 Å². The Morgan fingerprint density at radius 2 is 2.25 bits per heavy atom. The van der Waals surface area contributed by atoms with Crippen LogP contribution < -0.4 is 15.8 Å². The number of aromatic nitrogens is 2. The second-order valence-corrected chi connectivity index (χ2v) is 4.32. The number of aryl methyl sites for hydroxylation is 1. The normalized spacial score (nSPS) is 10.3. The van der Waals surface area contributed by atoms with Gasteiger partial charge in [0.25, 0.3) is 5.91 Å². The van der Waals surface area contributed by atoms with E-state index in [0.717, 1.165) is 5.69 Å². The van der Waals surface area contributed by atoms with E-state index in [-0.39, 0.29) is 5.91 Å². The third kappa shape index (κ3) is 3.09. The highest BCUT2D eigenvalue weighted by molar-refractivity contribution is 5.98. The van der Waals surface area contributed by atoms with E-state index in [1.54, 1.807) is 22.9 Å². The average Bonchev–Trinajstić information content (AvgIpc) is 2.84. The van der Waals surface area contributed by atoms with E-state index in [0.29, 0.717) is 30.2 Å². The van der Waals surface area contributed by atoms with E-state index >= 15 is 0 Å². The van der Waals surface area contributed by atoms with Gasteiger partial charge in [0.1, 0.15) is 0 Å². The molecule has 0 aliphatic carbocycles. The van der Waals surface area contributed by atoms with Gasteiger partial charge in [-0.05, 0) is 25.1 Å². The van der Waals surface area contributed by atoms with Crippen molar-refractivity contribution in [2.24, 2.45) is 7.05 Å². The second kappa shape index (κ2) is 6.10. The molecule has 1 amide bonds. The number of hydrogen-bond acceptors (Lipinski definition) is 4. The molecule has 0 saturated heterocycles. The lowest BCUT2D eigenvalue weighted by Crippen LogP contribution is -2.24. The summed E-state index contributed by atoms with van der Waals surface area (Å²) >= 11 is 0. The summed E-state index contributed by atoms with van der Waals surface area (Å²) in [4.78, 5) is 12.2. The smallest absolute Gasteiger partial charge is 0.255 e. The van der Waals surface area contributed by atoms with E-state index in [2.05, 4.69) is 10.4 Å². The fourth-order valence-corrected chi connectivity index (χ4v) is 1.86. The quantitative estimate of drug-likeness (QED) is 0.806. The zero-order valence-corrected chi connectivity index (χ0v) is 11.6. The number of nitrogens with one attached hydrogen (secondary N) is 1. The lowest BCUT2D eigenvalue weighted by Gasteiger charge is -2.12. The predicted molar refractivity (Wildman–Crippen MR) is 76.4 cm³/mol. The van der Waals surface area contributed by atoms with Crippen molar-refractivity contribution in [3.63, 3.8) is 0 Å². The van der Waals surface area contributed by atoms with Crippen molar-refractivity contribution in [2.75, 3.05) is 12.3 Å². The number of carbonyl (C=O) groups excluding carboxylic acids is 1. The SMILES string of the molecule is CCOc1c(N)cccc1C(=O)NCc1ccn(C)n1. The third-order valence-corrected chi connectivity index (χ3v) is 2.78. The Morgan fingerprint density at radius 1 is 1.45 bits per heavy atom. The van der Waals surface area contributed by atoms with E-state index in [9.17, 15) is 4.79 Å². The first kappa shape index (κ1) is 13.9. The largest absolute Gasteiger partial charge is 0.491 e. The molecule has 0 aliphatic heterocycles. The molecule has 106 valence electrons. The molecule has 2 aromatic rings. The van der Waals surface area contributed by atoms with Crippen molar-refractivity contribution in [2.45, 2.75) is 13.5 Å². The molecule has 0 saturated carbocycles. The number of nitrogens with two attached hydrogens (primary N) is 1. The molecular formula is C14H18N4O2. The van der Waals surface area contributed by atoms with Crippen molar-refractivity contribution >= 4 is 11.6 Å². The minimum atomic E-state index is -0.230. The van der Waals surface area contributed by atoms with Gasteiger partial charge in [-0.2, -0.15) is 5.10 Å². The average molecular weight is 274 g/mol. The maximum atomic E-state index is 12.2. The molecule has 0 fully saturated rings. The van der Waals surface area contributed by atoms with E-state index in [1.807, 2.05) is 26.2 Å². The number of nitrogens with zero attached hydrogens (tertiary/aromatic N) is 2. The Kier molecular flexibility index (Phi) is 4.24. The number of carbonyl (C=O) groups is 1. The zero-order valence-electron chi connectivity index (χ0n) is 11.6. The van der Waals surface area contributed by atoms with Crippen LogP contribution in [0.1, 0.15) is 23.0 Å². The van der Waals surface area contributed by atoms with Crippen LogP contribution in [0, 0.1) is 0 Å². The molecule has 1 aromatic heterocycles. The first-order valence-corrected chi connectivity index (χ1v) is 6.39. The molecule has 6 nitrogen and oxygen atoms in total. The first-order chi connectivity index (χ1) is 9.61. The number of benzene rings is 1. The maximum absolute atomic E-state index is 12.2. The molecule has 0 bridgehead atoms. The number of rotatable bonds is 5. The molecule has 0 aliphatic rings. The molecular weight excluding hydrogens is 256 g/mol. The van der Waals surface area contributed by atoms with E-state index < -0.39 is 0 Å². The molecule has 0 radical (unpaired) electrons. The number of hydrogen-bond donors (Lipinski definition) is 2. The lowest BCUT2D eigenvalue weighted by atomic mass is 10.1. The number of amides is 1. The fourth-order valence-electron chi connectivity index (χ4n) is 1.86. The summed E-state index contributed by atoms with van der Waals surface area (Å²) in [6, 6.07) is 6.98. The summed E-state index contributed by atoms with van der Waals surface area (Å²) in [6.45, 7) is 2.66. The molecule has 1 aromatic carbocycles. The van der Waals surface area contributed by atoms with E-state index in [1.165, 1.54) is 0 Å². The summed E-state index contributed by atoms with van der Waals surface area (Å²) < 4.78 is 7.13. The van der Waals surface area contributed by atoms with Gasteiger partial charge in [0.05, 0.1) is 30.1 Å². The van der Waals surface area contributed by atoms with Crippen molar-refractivity contribution in [3.8, 4) is 5.75 Å². The van der Waals surface area contributed by atoms with Crippen LogP contribution in [0.5, 0.6) is 5.75 Å². The zero-order chi connectivity index (χ0) is 14.5. The Bertz CT molecular complexity index is 607. The highest BCUT2D eigenvalue weighted by Gasteiger charge is 2.14. The van der Waals surface area contributed by atoms with Gasteiger partial charge in [0.2, 0.25) is 0 Å². The summed E-state index contributed by atoms with van der Waals surface area (Å²) in [6.07, 6.45) is 1.83. The van der Waals surface area contributed by atoms with Gasteiger partial charge in [-0.3, -0.25) is 9.48 Å². The molecule has 3 N–H and O–H groups in total. The standard InChI is InChI=1S/C14H18N4O2/c1-3-20-13-11(5-4-6-12(13)15)14(19)16-9-10-7-8-18(2)17-10/h4-8H,3,9,15H2,1-2H3,(H,16,19). The van der Waals surface area contributed by atoms with Crippen LogP contribution in [-0.2, 0) is 13.6 Å². The third-order valence-electron chi connectivity index (χ3n) is 2.78. The minimum Gasteiger partial charge on any atom is -0.491 e. The van der Waals surface area contributed by atoms with Crippen LogP contribution >= 0.6 is 0 Å². The Hall–Kier alpha value is -2.50. The summed E-state index contributed by atoms with van der Waals surface area (Å²) in [5, 5.41) is 7.00. The molecule has 6 heteroatoms. The van der Waals surface area contributed by atoms with Crippen LogP contribution in [0.25, 0.3) is 0 Å². The molecule has 0 spiro atoms. The van der Waals surface area contributed by atoms with Gasteiger partial charge in [-0.1, -0.05) is 6.07 Å². The number of nitrogen functional groups attached to an aromatic ring is 1. The fraction of sp³-hybridized carbons (Fsp3) is 0.286. The highest BCUT2D eigenvalue weighted by Crippen LogP contribution is 2.26. The number of ether oxygens (including phenoxy) is 1. The first-order valence-electron chi connectivity index (χ1n) is 6.39. The molecule has 0 atom stereocenters. The van der Waals surface area contributed by atoms with Gasteiger partial charge < -0.3 is 15.8 Å². The van der Waals surface area contributed by atoms with Crippen molar-refractivity contribution < 1.29 is 9.53 Å². The second-order valence-electron chi connectivity index (χ2n) is 4.32. The minimum absolute atomic E-state index is 0.230. The summed E-state index contributed by atoms with van der Waals surface area (Å²) in [7, 11) is 1.83. The van der Waals surface area contributed by atoms with Gasteiger partial charge in [0.15, 0.2) is 5.75 Å². The van der Waals surface area contributed by atoms with Crippen LogP contribution in [0.15, 0.2) is 30.5 Å². The highest BCUT2D eigenvalue weighted by atomic mass is 16.5. The van der Waals surface area contributed by atoms with Crippen LogP contribution in [0.2, 0.25) is 0 Å². The van der Waals surface area contributed by atoms with Crippen LogP contribution in [0.4, 0.5) is 5.69 Å². The maximum Gasteiger partial charge on any atom is 0.255 e. The lowest BCUT2D eigenvalue weighted by molar-refractivity contribution is 0.0946.